The van der Waals surface area contributed by atoms with Crippen LogP contribution in [-0.2, 0) is 10.0 Å². The highest BCUT2D eigenvalue weighted by Crippen LogP contribution is 2.34. The molecule has 1 fully saturated rings. The fourth-order valence-electron chi connectivity index (χ4n) is 1.54. The highest BCUT2D eigenvalue weighted by molar-refractivity contribution is 9.11. The molecule has 1 aliphatic rings. The number of halogens is 2. The van der Waals surface area contributed by atoms with E-state index in [1.165, 1.54) is 12.5 Å². The fraction of sp³-hybridized carbons (Fsp3) is 0.556. The molecular weight excluding hydrogens is 366 g/mol. The fourth-order valence-corrected chi connectivity index (χ4v) is 6.37. The number of nitrogens with one attached hydrogen (secondary N) is 1. The molecule has 1 unspecified atom stereocenters. The van der Waals surface area contributed by atoms with Crippen LogP contribution in [0.25, 0.3) is 0 Å². The van der Waals surface area contributed by atoms with Crippen LogP contribution < -0.4 is 4.72 Å². The molecule has 1 aromatic heterocycles. The van der Waals surface area contributed by atoms with Gasteiger partial charge in [-0.15, -0.1) is 11.3 Å². The first-order valence-corrected chi connectivity index (χ1v) is 9.57. The van der Waals surface area contributed by atoms with E-state index in [0.717, 1.165) is 23.5 Å². The lowest BCUT2D eigenvalue weighted by atomic mass is 10.2. The van der Waals surface area contributed by atoms with E-state index in [4.69, 9.17) is 11.6 Å². The van der Waals surface area contributed by atoms with Gasteiger partial charge in [-0.2, -0.15) is 11.8 Å². The lowest BCUT2D eigenvalue weighted by Gasteiger charge is -2.09. The summed E-state index contributed by atoms with van der Waals surface area (Å²) in [5, 5.41) is 0.842. The molecule has 0 aromatic carbocycles. The maximum absolute atomic E-state index is 12.0. The molecule has 3 nitrogen and oxygen atoms in total. The van der Waals surface area contributed by atoms with Crippen LogP contribution in [0.1, 0.15) is 12.8 Å². The molecule has 0 spiro atoms. The molecular formula is C9H11BrClNO2S3. The summed E-state index contributed by atoms with van der Waals surface area (Å²) in [6.07, 6.45) is 2.26. The zero-order valence-electron chi connectivity index (χ0n) is 8.78. The van der Waals surface area contributed by atoms with Crippen molar-refractivity contribution in [3.05, 3.63) is 14.9 Å². The Bertz CT molecular complexity index is 477. The summed E-state index contributed by atoms with van der Waals surface area (Å²) in [4.78, 5) is 0. The number of thioether (sulfide) groups is 1. The molecule has 1 atom stereocenters. The van der Waals surface area contributed by atoms with Gasteiger partial charge >= 0.3 is 0 Å². The minimum atomic E-state index is -3.41. The van der Waals surface area contributed by atoms with Gasteiger partial charge in [-0.25, -0.2) is 13.1 Å². The predicted molar refractivity (Wildman–Crippen MR) is 77.7 cm³/mol. The summed E-state index contributed by atoms with van der Waals surface area (Å²) in [6.45, 7) is 0.500. The normalized spacial score (nSPS) is 20.9. The third-order valence-electron chi connectivity index (χ3n) is 2.41. The third kappa shape index (κ3) is 3.61. The van der Waals surface area contributed by atoms with Crippen molar-refractivity contribution in [3.8, 4) is 0 Å². The van der Waals surface area contributed by atoms with E-state index < -0.39 is 10.0 Å². The number of hydrogen-bond acceptors (Lipinski definition) is 4. The van der Waals surface area contributed by atoms with Gasteiger partial charge in [0.2, 0.25) is 10.0 Å². The summed E-state index contributed by atoms with van der Waals surface area (Å²) >= 11 is 12.0. The van der Waals surface area contributed by atoms with E-state index in [9.17, 15) is 8.42 Å². The van der Waals surface area contributed by atoms with Gasteiger partial charge in [-0.1, -0.05) is 11.6 Å². The Hall–Kier alpha value is 0.730. The van der Waals surface area contributed by atoms with Crippen molar-refractivity contribution in [2.24, 2.45) is 0 Å². The Balaban J connectivity index is 2.03. The minimum absolute atomic E-state index is 0.261. The van der Waals surface area contributed by atoms with Crippen LogP contribution in [-0.4, -0.2) is 26.0 Å². The molecule has 0 bridgehead atoms. The van der Waals surface area contributed by atoms with Crippen molar-refractivity contribution in [1.82, 2.24) is 4.72 Å². The standard InChI is InChI=1S/C9H11BrClNO2S3/c10-9-7(11)4-8(16-9)17(13,14)12-5-6-2-1-3-15-6/h4,6,12H,1-3,5H2. The largest absolute Gasteiger partial charge is 0.250 e. The molecule has 1 aromatic rings. The van der Waals surface area contributed by atoms with Crippen LogP contribution in [0.3, 0.4) is 0 Å². The molecule has 1 saturated heterocycles. The number of thiophene rings is 1. The second kappa shape index (κ2) is 5.79. The van der Waals surface area contributed by atoms with Gasteiger partial charge in [0, 0.05) is 11.8 Å². The molecule has 0 amide bonds. The SMILES string of the molecule is O=S(=O)(NCC1CCCS1)c1cc(Cl)c(Br)s1. The maximum Gasteiger partial charge on any atom is 0.250 e. The lowest BCUT2D eigenvalue weighted by Crippen LogP contribution is -2.29. The Morgan fingerprint density at radius 1 is 1.59 bits per heavy atom. The Labute approximate surface area is 122 Å². The molecule has 96 valence electrons. The zero-order chi connectivity index (χ0) is 12.5. The maximum atomic E-state index is 12.0. The summed E-state index contributed by atoms with van der Waals surface area (Å²) in [6, 6.07) is 1.47. The van der Waals surface area contributed by atoms with Gasteiger partial charge in [0.15, 0.2) is 0 Å². The van der Waals surface area contributed by atoms with Crippen molar-refractivity contribution < 1.29 is 8.42 Å². The van der Waals surface area contributed by atoms with Crippen LogP contribution in [0.5, 0.6) is 0 Å². The molecule has 8 heteroatoms. The summed E-state index contributed by atoms with van der Waals surface area (Å²) in [7, 11) is -3.41. The summed E-state index contributed by atoms with van der Waals surface area (Å²) in [5.74, 6) is 1.13. The molecule has 0 saturated carbocycles. The first kappa shape index (κ1) is 14.1. The molecule has 1 N–H and O–H groups in total. The Morgan fingerprint density at radius 2 is 2.35 bits per heavy atom. The topological polar surface area (TPSA) is 46.2 Å². The lowest BCUT2D eigenvalue weighted by molar-refractivity contribution is 0.581. The van der Waals surface area contributed by atoms with Crippen molar-refractivity contribution >= 4 is 60.7 Å². The zero-order valence-corrected chi connectivity index (χ0v) is 13.6. The quantitative estimate of drug-likeness (QED) is 0.876. The molecule has 2 heterocycles. The minimum Gasteiger partial charge on any atom is -0.209 e. The summed E-state index contributed by atoms with van der Waals surface area (Å²) in [5.41, 5.74) is 0. The van der Waals surface area contributed by atoms with Crippen LogP contribution >= 0.6 is 50.6 Å². The van der Waals surface area contributed by atoms with Gasteiger partial charge in [0.25, 0.3) is 0 Å². The van der Waals surface area contributed by atoms with Crippen molar-refractivity contribution in [2.75, 3.05) is 12.3 Å². The van der Waals surface area contributed by atoms with Crippen LogP contribution in [0, 0.1) is 0 Å². The number of sulfonamides is 1. The van der Waals surface area contributed by atoms with E-state index >= 15 is 0 Å². The summed E-state index contributed by atoms with van der Waals surface area (Å²) < 4.78 is 27.5. The highest BCUT2D eigenvalue weighted by atomic mass is 79.9. The Morgan fingerprint density at radius 3 is 2.88 bits per heavy atom. The second-order valence-electron chi connectivity index (χ2n) is 3.67. The first-order chi connectivity index (χ1) is 7.99. The molecule has 0 aliphatic carbocycles. The van der Waals surface area contributed by atoms with E-state index in [1.54, 1.807) is 0 Å². The second-order valence-corrected chi connectivity index (χ2v) is 9.85. The average Bonchev–Trinajstić information content (AvgIpc) is 2.87. The van der Waals surface area contributed by atoms with E-state index in [2.05, 4.69) is 20.7 Å². The molecule has 1 aliphatic heterocycles. The van der Waals surface area contributed by atoms with E-state index in [-0.39, 0.29) is 4.21 Å². The van der Waals surface area contributed by atoms with Gasteiger partial charge < -0.3 is 0 Å². The van der Waals surface area contributed by atoms with Crippen LogP contribution in [0.2, 0.25) is 5.02 Å². The van der Waals surface area contributed by atoms with Crippen molar-refractivity contribution in [2.45, 2.75) is 22.3 Å². The van der Waals surface area contributed by atoms with Gasteiger partial charge in [0.05, 0.1) is 8.81 Å². The number of hydrogen-bond donors (Lipinski definition) is 1. The van der Waals surface area contributed by atoms with Crippen LogP contribution in [0.15, 0.2) is 14.1 Å². The average molecular weight is 377 g/mol. The van der Waals surface area contributed by atoms with E-state index in [0.29, 0.717) is 20.6 Å². The van der Waals surface area contributed by atoms with Crippen LogP contribution in [0.4, 0.5) is 0 Å². The first-order valence-electron chi connectivity index (χ1n) is 5.05. The number of rotatable bonds is 4. The van der Waals surface area contributed by atoms with Crippen molar-refractivity contribution in [3.63, 3.8) is 0 Å². The van der Waals surface area contributed by atoms with Gasteiger partial charge in [-0.05, 0) is 40.6 Å². The van der Waals surface area contributed by atoms with Gasteiger partial charge in [0.1, 0.15) is 4.21 Å². The highest BCUT2D eigenvalue weighted by Gasteiger charge is 2.22. The molecule has 17 heavy (non-hydrogen) atoms. The van der Waals surface area contributed by atoms with Gasteiger partial charge in [-0.3, -0.25) is 0 Å². The molecule has 2 rings (SSSR count). The predicted octanol–water partition coefficient (Wildman–Crippen LogP) is 3.34. The Kier molecular flexibility index (Phi) is 4.82. The van der Waals surface area contributed by atoms with Crippen molar-refractivity contribution in [1.29, 1.82) is 0 Å². The smallest absolute Gasteiger partial charge is 0.209 e. The third-order valence-corrected chi connectivity index (χ3v) is 8.18. The molecule has 0 radical (unpaired) electrons. The monoisotopic (exact) mass is 375 g/mol. The van der Waals surface area contributed by atoms with E-state index in [1.807, 2.05) is 11.8 Å².